The van der Waals surface area contributed by atoms with Gasteiger partial charge in [-0.1, -0.05) is 23.7 Å². The Labute approximate surface area is 207 Å². The molecule has 0 aromatic carbocycles. The molecule has 30 heavy (non-hydrogen) atoms. The van der Waals surface area contributed by atoms with Gasteiger partial charge in [0.05, 0.1) is 22.8 Å². The molecular formula is C15H27AlCl4N3O7+3. The van der Waals surface area contributed by atoms with E-state index in [1.54, 1.807) is 24.5 Å². The fourth-order valence-corrected chi connectivity index (χ4v) is 1.99. The Morgan fingerprint density at radius 1 is 0.567 bits per heavy atom. The third-order valence-electron chi connectivity index (χ3n) is 2.64. The van der Waals surface area contributed by atoms with Crippen LogP contribution in [-0.4, -0.2) is 54.2 Å². The van der Waals surface area contributed by atoms with Gasteiger partial charge in [-0.25, -0.2) is 4.98 Å². The van der Waals surface area contributed by atoms with Crippen molar-refractivity contribution in [2.45, 2.75) is 0 Å². The van der Waals surface area contributed by atoms with Crippen LogP contribution in [-0.2, 0) is 16.4 Å². The van der Waals surface area contributed by atoms with Crippen molar-refractivity contribution >= 4 is 29.0 Å². The molecule has 0 saturated carbocycles. The van der Waals surface area contributed by atoms with Gasteiger partial charge in [-0.2, -0.15) is 0 Å². The Morgan fingerprint density at radius 3 is 1.17 bits per heavy atom. The predicted molar refractivity (Wildman–Crippen MR) is 111 cm³/mol. The van der Waals surface area contributed by atoms with Crippen molar-refractivity contribution in [3.8, 4) is 22.8 Å². The summed E-state index contributed by atoms with van der Waals surface area (Å²) in [5.74, 6) is 0. The smallest absolute Gasteiger partial charge is 1.00 e. The van der Waals surface area contributed by atoms with E-state index in [4.69, 9.17) is 11.6 Å². The molecule has 15 heteroatoms. The SMILES string of the molecule is Clc1cc(-c2ccccn2)nc(-c2ccccn2)c1.O.O.O.O.[Al+3].[Cl-].[Cl-].[Cl-].[OH3+].[OH3+].[OH3+]. The summed E-state index contributed by atoms with van der Waals surface area (Å²) >= 11 is 6.15. The summed E-state index contributed by atoms with van der Waals surface area (Å²) in [5, 5.41) is 0.622. The molecule has 3 aromatic heterocycles. The molecule has 0 aliphatic rings. The van der Waals surface area contributed by atoms with Crippen molar-refractivity contribution < 1.29 is 75.6 Å². The number of hydrogen-bond acceptors (Lipinski definition) is 3. The van der Waals surface area contributed by atoms with Crippen molar-refractivity contribution in [1.29, 1.82) is 0 Å². The second-order valence-electron chi connectivity index (χ2n) is 3.99. The summed E-state index contributed by atoms with van der Waals surface area (Å²) in [6, 6.07) is 15.0. The van der Waals surface area contributed by atoms with Crippen molar-refractivity contribution in [2.24, 2.45) is 0 Å². The molecule has 3 heterocycles. The van der Waals surface area contributed by atoms with E-state index in [0.717, 1.165) is 22.8 Å². The maximum absolute atomic E-state index is 6.15. The summed E-state index contributed by atoms with van der Waals surface area (Å²) < 4.78 is 0. The van der Waals surface area contributed by atoms with Crippen LogP contribution in [0.3, 0.4) is 0 Å². The van der Waals surface area contributed by atoms with E-state index >= 15 is 0 Å². The molecule has 3 rings (SSSR count). The van der Waals surface area contributed by atoms with Crippen LogP contribution in [0.25, 0.3) is 22.8 Å². The standard InChI is InChI=1S/C15H10ClN3.Al.3ClH.7H2O/c16-11-9-14(12-5-1-3-7-17-12)19-15(10-11)13-6-2-4-8-18-13;;;;;;;;;;;/h1-10H;;3*1H;7*1H2/q;+3;;;;;;;;;;. The summed E-state index contributed by atoms with van der Waals surface area (Å²) in [4.78, 5) is 13.1. The maximum atomic E-state index is 6.15. The van der Waals surface area contributed by atoms with Gasteiger partial charge in [0, 0.05) is 17.4 Å². The van der Waals surface area contributed by atoms with Gasteiger partial charge >= 0.3 is 17.4 Å². The van der Waals surface area contributed by atoms with Crippen molar-refractivity contribution in [2.75, 3.05) is 0 Å². The number of rotatable bonds is 2. The molecule has 0 fully saturated rings. The quantitative estimate of drug-likeness (QED) is 0.231. The van der Waals surface area contributed by atoms with Gasteiger partial charge in [0.25, 0.3) is 0 Å². The first-order valence-electron chi connectivity index (χ1n) is 5.83. The summed E-state index contributed by atoms with van der Waals surface area (Å²) in [6.45, 7) is 0. The Morgan fingerprint density at radius 2 is 0.900 bits per heavy atom. The molecule has 17 N–H and O–H groups in total. The first-order valence-corrected chi connectivity index (χ1v) is 6.21. The third kappa shape index (κ3) is 14.8. The van der Waals surface area contributed by atoms with Crippen molar-refractivity contribution in [3.63, 3.8) is 0 Å². The summed E-state index contributed by atoms with van der Waals surface area (Å²) in [5.41, 5.74) is 3.08. The van der Waals surface area contributed by atoms with Crippen LogP contribution < -0.4 is 37.2 Å². The average molecular weight is 530 g/mol. The Bertz CT molecular complexity index is 665. The zero-order valence-electron chi connectivity index (χ0n) is 15.4. The zero-order valence-corrected chi connectivity index (χ0v) is 19.6. The van der Waals surface area contributed by atoms with Crippen LogP contribution in [0.15, 0.2) is 60.9 Å². The first kappa shape index (κ1) is 56.8. The number of hydrogen-bond donors (Lipinski definition) is 0. The van der Waals surface area contributed by atoms with E-state index in [-0.39, 0.29) is 92.9 Å². The van der Waals surface area contributed by atoms with Gasteiger partial charge in [-0.15, -0.1) is 0 Å². The number of halogens is 4. The molecule has 10 nitrogen and oxygen atoms in total. The van der Waals surface area contributed by atoms with Gasteiger partial charge in [-0.05, 0) is 36.4 Å². The minimum Gasteiger partial charge on any atom is -1.00 e. The summed E-state index contributed by atoms with van der Waals surface area (Å²) in [6.07, 6.45) is 3.47. The molecule has 0 saturated heterocycles. The Kier molecular flexibility index (Phi) is 52.7. The van der Waals surface area contributed by atoms with Gasteiger partial charge in [0.1, 0.15) is 0 Å². The second kappa shape index (κ2) is 27.9. The van der Waals surface area contributed by atoms with Gasteiger partial charge in [-0.3, -0.25) is 9.97 Å². The minimum atomic E-state index is 0. The van der Waals surface area contributed by atoms with E-state index in [2.05, 4.69) is 15.0 Å². The molecule has 0 aliphatic carbocycles. The number of nitrogens with zero attached hydrogens (tertiary/aromatic N) is 3. The molecule has 0 unspecified atom stereocenters. The number of aromatic nitrogens is 3. The van der Waals surface area contributed by atoms with Crippen molar-refractivity contribution in [1.82, 2.24) is 15.0 Å². The molecule has 3 aromatic rings. The van der Waals surface area contributed by atoms with Crippen LogP contribution in [0.4, 0.5) is 0 Å². The van der Waals surface area contributed by atoms with Crippen LogP contribution in [0.5, 0.6) is 0 Å². The molecule has 172 valence electrons. The molecule has 0 atom stereocenters. The van der Waals surface area contributed by atoms with Crippen LogP contribution in [0.2, 0.25) is 5.02 Å². The van der Waals surface area contributed by atoms with E-state index < -0.39 is 0 Å². The Balaban J connectivity index is -0.0000000573. The minimum absolute atomic E-state index is 0. The predicted octanol–water partition coefficient (Wildman–Crippen LogP) is -11.6. The fraction of sp³-hybridized carbons (Fsp3) is 0. The normalized spacial score (nSPS) is 6.57. The topological polar surface area (TPSA) is 264 Å². The summed E-state index contributed by atoms with van der Waals surface area (Å²) in [7, 11) is 0. The second-order valence-corrected chi connectivity index (χ2v) is 4.42. The fourth-order valence-electron chi connectivity index (χ4n) is 1.79. The van der Waals surface area contributed by atoms with Gasteiger partial charge in [0.2, 0.25) is 0 Å². The number of pyridine rings is 3. The molecule has 0 bridgehead atoms. The van der Waals surface area contributed by atoms with E-state index in [1.165, 1.54) is 0 Å². The Hall–Kier alpha value is -1.14. The zero-order chi connectivity index (χ0) is 13.1. The molecule has 0 amide bonds. The largest absolute Gasteiger partial charge is 3.00 e. The first-order chi connectivity index (χ1) is 9.33. The van der Waals surface area contributed by atoms with Gasteiger partial charge in [0.15, 0.2) is 0 Å². The van der Waals surface area contributed by atoms with Crippen LogP contribution in [0.1, 0.15) is 0 Å². The molecular weight excluding hydrogens is 503 g/mol. The maximum Gasteiger partial charge on any atom is 3.00 e. The van der Waals surface area contributed by atoms with Gasteiger partial charge < -0.3 is 75.6 Å². The average Bonchev–Trinajstić information content (AvgIpc) is 2.48. The van der Waals surface area contributed by atoms with Crippen molar-refractivity contribution in [3.05, 3.63) is 65.9 Å². The van der Waals surface area contributed by atoms with Crippen LogP contribution in [0, 0.1) is 0 Å². The molecule has 0 aliphatic heterocycles. The molecule has 0 spiro atoms. The van der Waals surface area contributed by atoms with E-state index in [9.17, 15) is 0 Å². The van der Waals surface area contributed by atoms with E-state index in [0.29, 0.717) is 5.02 Å². The van der Waals surface area contributed by atoms with E-state index in [1.807, 2.05) is 36.4 Å². The third-order valence-corrected chi connectivity index (χ3v) is 2.86. The molecule has 0 radical (unpaired) electrons. The van der Waals surface area contributed by atoms with Crippen LogP contribution >= 0.6 is 11.6 Å². The monoisotopic (exact) mass is 528 g/mol.